The van der Waals surface area contributed by atoms with Crippen molar-refractivity contribution < 1.29 is 9.47 Å². The molecule has 0 bridgehead atoms. The lowest BCUT2D eigenvalue weighted by molar-refractivity contribution is 0.359. The molecule has 6 heteroatoms. The fourth-order valence-corrected chi connectivity index (χ4v) is 3.16. The summed E-state index contributed by atoms with van der Waals surface area (Å²) in [5.74, 6) is 0.849. The molecule has 0 aromatic heterocycles. The van der Waals surface area contributed by atoms with Gasteiger partial charge in [0, 0.05) is 16.2 Å². The highest BCUT2D eigenvalue weighted by Gasteiger charge is 2.23. The summed E-state index contributed by atoms with van der Waals surface area (Å²) in [5.41, 5.74) is -0.114. The molecule has 6 nitrogen and oxygen atoms in total. The van der Waals surface area contributed by atoms with Crippen LogP contribution in [0.2, 0.25) is 0 Å². The van der Waals surface area contributed by atoms with Crippen LogP contribution in [0.5, 0.6) is 11.5 Å². The number of nitriles is 4. The van der Waals surface area contributed by atoms with Crippen molar-refractivity contribution >= 4 is 21.5 Å². The summed E-state index contributed by atoms with van der Waals surface area (Å²) in [6, 6.07) is 14.8. The number of hydrogen-bond donors (Lipinski definition) is 0. The lowest BCUT2D eigenvalue weighted by atomic mass is 9.88. The predicted molar refractivity (Wildman–Crippen MR) is 93.4 cm³/mol. The summed E-state index contributed by atoms with van der Waals surface area (Å²) < 4.78 is 10.8. The molecule has 0 unspecified atom stereocenters. The predicted octanol–water partition coefficient (Wildman–Crippen LogP) is 3.50. The zero-order valence-electron chi connectivity index (χ0n) is 13.9. The fraction of sp³-hybridized carbons (Fsp3) is 0.100. The highest BCUT2D eigenvalue weighted by molar-refractivity contribution is 6.16. The van der Waals surface area contributed by atoms with Gasteiger partial charge in [-0.3, -0.25) is 0 Å². The van der Waals surface area contributed by atoms with E-state index in [0.29, 0.717) is 27.7 Å². The van der Waals surface area contributed by atoms with Crippen molar-refractivity contribution in [2.75, 3.05) is 14.2 Å². The second-order valence-electron chi connectivity index (χ2n) is 5.33. The molecule has 0 amide bonds. The first-order chi connectivity index (χ1) is 12.7. The van der Waals surface area contributed by atoms with E-state index in [1.807, 2.05) is 24.3 Å². The number of hydrogen-bond acceptors (Lipinski definition) is 6. The van der Waals surface area contributed by atoms with Gasteiger partial charge < -0.3 is 9.47 Å². The van der Waals surface area contributed by atoms with E-state index in [0.717, 1.165) is 5.39 Å². The van der Waals surface area contributed by atoms with Crippen LogP contribution in [0.25, 0.3) is 21.5 Å². The second-order valence-corrected chi connectivity index (χ2v) is 5.33. The van der Waals surface area contributed by atoms with Crippen LogP contribution >= 0.6 is 0 Å². The van der Waals surface area contributed by atoms with Crippen molar-refractivity contribution in [3.05, 3.63) is 46.5 Å². The zero-order valence-corrected chi connectivity index (χ0v) is 13.9. The van der Waals surface area contributed by atoms with Crippen LogP contribution in [0.1, 0.15) is 22.3 Å². The number of methoxy groups -OCH3 is 2. The monoisotopic (exact) mass is 338 g/mol. The molecule has 26 heavy (non-hydrogen) atoms. The van der Waals surface area contributed by atoms with Crippen molar-refractivity contribution in [2.24, 2.45) is 0 Å². The molecule has 0 saturated heterocycles. The van der Waals surface area contributed by atoms with Gasteiger partial charge in [-0.05, 0) is 11.5 Å². The molecule has 122 valence electrons. The lowest BCUT2D eigenvalue weighted by Gasteiger charge is -2.15. The van der Waals surface area contributed by atoms with Crippen LogP contribution in [0.3, 0.4) is 0 Å². The van der Waals surface area contributed by atoms with Crippen LogP contribution in [-0.4, -0.2) is 14.2 Å². The largest absolute Gasteiger partial charge is 0.493 e. The highest BCUT2D eigenvalue weighted by atomic mass is 16.5. The van der Waals surface area contributed by atoms with E-state index < -0.39 is 0 Å². The standard InChI is InChI=1S/C20H10N4O2/c1-25-17-6-4-11-3-5-12-13(7-21)14(8-22)15(9-23)16(10-24)19(12)18(11)20(17)26-2/h3-6H,1-2H3. The molecule has 0 fully saturated rings. The smallest absolute Gasteiger partial charge is 0.169 e. The minimum Gasteiger partial charge on any atom is -0.493 e. The molecule has 0 N–H and O–H groups in total. The molecule has 0 aliphatic rings. The zero-order chi connectivity index (χ0) is 18.8. The number of rotatable bonds is 2. The Hall–Kier alpha value is -4.26. The average Bonchev–Trinajstić information content (AvgIpc) is 2.69. The molecular formula is C20H10N4O2. The molecule has 0 saturated carbocycles. The van der Waals surface area contributed by atoms with Crippen LogP contribution in [0.4, 0.5) is 0 Å². The maximum atomic E-state index is 9.72. The van der Waals surface area contributed by atoms with Gasteiger partial charge in [0.2, 0.25) is 0 Å². The van der Waals surface area contributed by atoms with Gasteiger partial charge >= 0.3 is 0 Å². The van der Waals surface area contributed by atoms with Crippen LogP contribution in [-0.2, 0) is 0 Å². The number of benzene rings is 3. The number of ether oxygens (including phenoxy) is 2. The molecule has 3 aromatic carbocycles. The van der Waals surface area contributed by atoms with Crippen LogP contribution in [0, 0.1) is 45.3 Å². The Morgan fingerprint density at radius 3 is 1.77 bits per heavy atom. The summed E-state index contributed by atoms with van der Waals surface area (Å²) in [6.45, 7) is 0. The van der Waals surface area contributed by atoms with E-state index in [4.69, 9.17) is 9.47 Å². The van der Waals surface area contributed by atoms with E-state index in [-0.39, 0.29) is 22.3 Å². The first-order valence-electron chi connectivity index (χ1n) is 7.44. The van der Waals surface area contributed by atoms with Gasteiger partial charge in [-0.2, -0.15) is 21.0 Å². The molecule has 0 atom stereocenters. The molecular weight excluding hydrogens is 328 g/mol. The van der Waals surface area contributed by atoms with Crippen molar-refractivity contribution in [1.29, 1.82) is 21.0 Å². The average molecular weight is 338 g/mol. The van der Waals surface area contributed by atoms with E-state index in [1.54, 1.807) is 24.3 Å². The molecule has 3 aromatic rings. The van der Waals surface area contributed by atoms with Gasteiger partial charge in [-0.1, -0.05) is 18.2 Å². The van der Waals surface area contributed by atoms with E-state index >= 15 is 0 Å². The molecule has 0 spiro atoms. The Labute approximate surface area is 149 Å². The minimum absolute atomic E-state index is 0.0372. The van der Waals surface area contributed by atoms with E-state index in [9.17, 15) is 21.0 Å². The SMILES string of the molecule is COc1ccc2ccc3c(C#N)c(C#N)c(C#N)c(C#N)c3c2c1OC. The van der Waals surface area contributed by atoms with Crippen molar-refractivity contribution in [3.8, 4) is 35.8 Å². The second kappa shape index (κ2) is 6.33. The van der Waals surface area contributed by atoms with E-state index in [2.05, 4.69) is 0 Å². The first-order valence-corrected chi connectivity index (χ1v) is 7.44. The van der Waals surface area contributed by atoms with Gasteiger partial charge in [0.05, 0.1) is 36.5 Å². The molecule has 3 rings (SSSR count). The lowest BCUT2D eigenvalue weighted by Crippen LogP contribution is -2.00. The summed E-state index contributed by atoms with van der Waals surface area (Å²) >= 11 is 0. The Morgan fingerprint density at radius 1 is 0.654 bits per heavy atom. The normalized spacial score (nSPS) is 9.77. The third-order valence-electron chi connectivity index (χ3n) is 4.24. The first kappa shape index (κ1) is 16.6. The topological polar surface area (TPSA) is 114 Å². The number of fused-ring (bicyclic) bond motifs is 3. The van der Waals surface area contributed by atoms with Gasteiger partial charge in [0.25, 0.3) is 0 Å². The molecule has 0 aliphatic heterocycles. The summed E-state index contributed by atoms with van der Waals surface area (Å²) in [7, 11) is 2.97. The van der Waals surface area contributed by atoms with Gasteiger partial charge in [-0.15, -0.1) is 0 Å². The highest BCUT2D eigenvalue weighted by Crippen LogP contribution is 2.42. The Kier molecular flexibility index (Phi) is 4.04. The quantitative estimate of drug-likeness (QED) is 0.661. The van der Waals surface area contributed by atoms with Crippen molar-refractivity contribution in [1.82, 2.24) is 0 Å². The molecule has 0 heterocycles. The Balaban J connectivity index is 2.79. The molecule has 0 aliphatic carbocycles. The van der Waals surface area contributed by atoms with E-state index in [1.165, 1.54) is 14.2 Å². The van der Waals surface area contributed by atoms with Crippen molar-refractivity contribution in [3.63, 3.8) is 0 Å². The summed E-state index contributed by atoms with van der Waals surface area (Å²) in [6.07, 6.45) is 0. The minimum atomic E-state index is -0.114. The Morgan fingerprint density at radius 2 is 1.23 bits per heavy atom. The van der Waals surface area contributed by atoms with Gasteiger partial charge in [0.15, 0.2) is 11.5 Å². The van der Waals surface area contributed by atoms with Crippen LogP contribution < -0.4 is 9.47 Å². The maximum Gasteiger partial charge on any atom is 0.169 e. The van der Waals surface area contributed by atoms with Crippen LogP contribution in [0.15, 0.2) is 24.3 Å². The Bertz CT molecular complexity index is 1250. The molecule has 0 radical (unpaired) electrons. The third kappa shape index (κ3) is 2.08. The fourth-order valence-electron chi connectivity index (χ4n) is 3.16. The summed E-state index contributed by atoms with van der Waals surface area (Å²) in [4.78, 5) is 0. The van der Waals surface area contributed by atoms with Gasteiger partial charge in [0.1, 0.15) is 24.3 Å². The third-order valence-corrected chi connectivity index (χ3v) is 4.24. The maximum absolute atomic E-state index is 9.72. The summed E-state index contributed by atoms with van der Waals surface area (Å²) in [5, 5.41) is 40.4. The van der Waals surface area contributed by atoms with Crippen molar-refractivity contribution in [2.45, 2.75) is 0 Å². The van der Waals surface area contributed by atoms with Gasteiger partial charge in [-0.25, -0.2) is 0 Å². The number of nitrogens with zero attached hydrogens (tertiary/aromatic N) is 4.